The van der Waals surface area contributed by atoms with Crippen LogP contribution in [0.5, 0.6) is 0 Å². The number of rotatable bonds is 3. The van der Waals surface area contributed by atoms with Crippen molar-refractivity contribution in [2.75, 3.05) is 11.9 Å². The zero-order valence-corrected chi connectivity index (χ0v) is 12.6. The molecule has 0 radical (unpaired) electrons. The summed E-state index contributed by atoms with van der Waals surface area (Å²) in [5.41, 5.74) is 7.11. The zero-order chi connectivity index (χ0) is 13.2. The van der Waals surface area contributed by atoms with E-state index in [1.807, 2.05) is 25.1 Å². The number of hydrogen-bond donors (Lipinski definition) is 2. The van der Waals surface area contributed by atoms with Crippen molar-refractivity contribution in [2.24, 2.45) is 11.1 Å². The van der Waals surface area contributed by atoms with Crippen molar-refractivity contribution in [2.45, 2.75) is 32.6 Å². The summed E-state index contributed by atoms with van der Waals surface area (Å²) in [5.74, 6) is 0.0351. The van der Waals surface area contributed by atoms with Crippen LogP contribution < -0.4 is 11.1 Å². The van der Waals surface area contributed by atoms with E-state index >= 15 is 0 Å². The minimum atomic E-state index is -0.380. The molecule has 0 aromatic heterocycles. The van der Waals surface area contributed by atoms with Gasteiger partial charge in [0.2, 0.25) is 5.91 Å². The van der Waals surface area contributed by atoms with Gasteiger partial charge in [0.05, 0.1) is 5.41 Å². The van der Waals surface area contributed by atoms with E-state index in [9.17, 15) is 4.79 Å². The molecule has 19 heavy (non-hydrogen) atoms. The molecule has 0 unspecified atom stereocenters. The maximum Gasteiger partial charge on any atom is 0.231 e. The van der Waals surface area contributed by atoms with Gasteiger partial charge in [-0.1, -0.05) is 30.5 Å². The van der Waals surface area contributed by atoms with Crippen LogP contribution >= 0.6 is 24.0 Å². The normalized spacial score (nSPS) is 16.8. The van der Waals surface area contributed by atoms with E-state index in [0.29, 0.717) is 11.6 Å². The molecule has 5 heteroatoms. The highest BCUT2D eigenvalue weighted by atomic mass is 35.5. The maximum absolute atomic E-state index is 12.4. The molecular weight excluding hydrogens is 283 g/mol. The van der Waals surface area contributed by atoms with Crippen molar-refractivity contribution in [3.63, 3.8) is 0 Å². The number of carbonyl (C=O) groups excluding carboxylic acids is 1. The molecule has 1 aliphatic rings. The van der Waals surface area contributed by atoms with Gasteiger partial charge in [-0.2, -0.15) is 0 Å². The highest BCUT2D eigenvalue weighted by Gasteiger charge is 2.39. The molecule has 1 fully saturated rings. The molecule has 2 rings (SSSR count). The van der Waals surface area contributed by atoms with Crippen molar-refractivity contribution in [3.05, 3.63) is 28.8 Å². The summed E-state index contributed by atoms with van der Waals surface area (Å²) in [4.78, 5) is 12.4. The molecule has 3 nitrogen and oxygen atoms in total. The molecule has 0 saturated heterocycles. The molecule has 1 aromatic rings. The van der Waals surface area contributed by atoms with Crippen molar-refractivity contribution in [1.29, 1.82) is 0 Å². The number of anilines is 1. The van der Waals surface area contributed by atoms with Crippen LogP contribution in [0.15, 0.2) is 18.2 Å². The minimum Gasteiger partial charge on any atom is -0.329 e. The smallest absolute Gasteiger partial charge is 0.231 e. The molecule has 0 heterocycles. The van der Waals surface area contributed by atoms with Gasteiger partial charge in [0, 0.05) is 17.3 Å². The van der Waals surface area contributed by atoms with Crippen LogP contribution in [-0.4, -0.2) is 12.5 Å². The maximum atomic E-state index is 12.4. The number of nitrogens with one attached hydrogen (secondary N) is 1. The molecule has 1 aliphatic carbocycles. The Labute approximate surface area is 125 Å². The lowest BCUT2D eigenvalue weighted by Crippen LogP contribution is -2.40. The lowest BCUT2D eigenvalue weighted by Gasteiger charge is -2.26. The molecule has 1 aromatic carbocycles. The van der Waals surface area contributed by atoms with E-state index in [4.69, 9.17) is 17.3 Å². The zero-order valence-electron chi connectivity index (χ0n) is 11.0. The predicted molar refractivity (Wildman–Crippen MR) is 82.0 cm³/mol. The van der Waals surface area contributed by atoms with Gasteiger partial charge in [-0.05, 0) is 37.5 Å². The molecule has 1 amide bonds. The fraction of sp³-hybridized carbons (Fsp3) is 0.500. The van der Waals surface area contributed by atoms with E-state index in [1.54, 1.807) is 0 Å². The summed E-state index contributed by atoms with van der Waals surface area (Å²) >= 11 is 6.05. The third-order valence-electron chi connectivity index (χ3n) is 3.95. The second-order valence-electron chi connectivity index (χ2n) is 5.06. The Balaban J connectivity index is 0.00000180. The molecular formula is C14H20Cl2N2O. The highest BCUT2D eigenvalue weighted by Crippen LogP contribution is 2.38. The Kier molecular flexibility index (Phi) is 5.65. The number of nitrogens with two attached hydrogens (primary N) is 1. The topological polar surface area (TPSA) is 55.1 Å². The van der Waals surface area contributed by atoms with Crippen LogP contribution in [-0.2, 0) is 4.79 Å². The first kappa shape index (κ1) is 16.3. The van der Waals surface area contributed by atoms with E-state index in [0.717, 1.165) is 36.9 Å². The SMILES string of the molecule is Cc1c(Cl)cccc1NC(=O)C1(CN)CCCC1.Cl. The van der Waals surface area contributed by atoms with Gasteiger partial charge in [-0.3, -0.25) is 4.79 Å². The third-order valence-corrected chi connectivity index (χ3v) is 4.36. The summed E-state index contributed by atoms with van der Waals surface area (Å²) < 4.78 is 0. The predicted octanol–water partition coefficient (Wildman–Crippen LogP) is 3.53. The Morgan fingerprint density at radius 1 is 1.42 bits per heavy atom. The summed E-state index contributed by atoms with van der Waals surface area (Å²) in [6, 6.07) is 5.54. The average molecular weight is 303 g/mol. The average Bonchev–Trinajstić information content (AvgIpc) is 2.85. The van der Waals surface area contributed by atoms with Crippen LogP contribution in [0.4, 0.5) is 5.69 Å². The van der Waals surface area contributed by atoms with Crippen molar-refractivity contribution >= 4 is 35.6 Å². The first-order chi connectivity index (χ1) is 8.59. The van der Waals surface area contributed by atoms with Crippen molar-refractivity contribution < 1.29 is 4.79 Å². The van der Waals surface area contributed by atoms with Crippen LogP contribution in [0, 0.1) is 12.3 Å². The summed E-state index contributed by atoms with van der Waals surface area (Å²) in [5, 5.41) is 3.65. The molecule has 106 valence electrons. The first-order valence-corrected chi connectivity index (χ1v) is 6.73. The molecule has 0 atom stereocenters. The standard InChI is InChI=1S/C14H19ClN2O.ClH/c1-10-11(15)5-4-6-12(10)17-13(18)14(9-16)7-2-3-8-14;/h4-6H,2-3,7-9,16H2,1H3,(H,17,18);1H. The fourth-order valence-electron chi connectivity index (χ4n) is 2.57. The van der Waals surface area contributed by atoms with E-state index < -0.39 is 0 Å². The van der Waals surface area contributed by atoms with Gasteiger partial charge in [-0.25, -0.2) is 0 Å². The Hall–Kier alpha value is -0.770. The molecule has 0 spiro atoms. The number of hydrogen-bond acceptors (Lipinski definition) is 2. The van der Waals surface area contributed by atoms with Gasteiger partial charge in [0.25, 0.3) is 0 Å². The highest BCUT2D eigenvalue weighted by molar-refractivity contribution is 6.31. The second-order valence-corrected chi connectivity index (χ2v) is 5.47. The van der Waals surface area contributed by atoms with E-state index in [1.165, 1.54) is 0 Å². The molecule has 3 N–H and O–H groups in total. The molecule has 1 saturated carbocycles. The first-order valence-electron chi connectivity index (χ1n) is 6.36. The van der Waals surface area contributed by atoms with Crippen molar-refractivity contribution in [3.8, 4) is 0 Å². The van der Waals surface area contributed by atoms with E-state index in [2.05, 4.69) is 5.32 Å². The summed E-state index contributed by atoms with van der Waals surface area (Å²) in [6.45, 7) is 2.32. The Morgan fingerprint density at radius 2 is 2.05 bits per heavy atom. The third kappa shape index (κ3) is 3.22. The van der Waals surface area contributed by atoms with Crippen LogP contribution in [0.25, 0.3) is 0 Å². The second kappa shape index (κ2) is 6.60. The fourth-order valence-corrected chi connectivity index (χ4v) is 2.75. The van der Waals surface area contributed by atoms with Gasteiger partial charge in [0.15, 0.2) is 0 Å². The number of benzene rings is 1. The van der Waals surface area contributed by atoms with E-state index in [-0.39, 0.29) is 23.7 Å². The monoisotopic (exact) mass is 302 g/mol. The van der Waals surface area contributed by atoms with Crippen LogP contribution in [0.1, 0.15) is 31.2 Å². The van der Waals surface area contributed by atoms with Gasteiger partial charge >= 0.3 is 0 Å². The number of carbonyl (C=O) groups is 1. The lowest BCUT2D eigenvalue weighted by molar-refractivity contribution is -0.124. The Bertz CT molecular complexity index is 457. The largest absolute Gasteiger partial charge is 0.329 e. The lowest BCUT2D eigenvalue weighted by atomic mass is 9.85. The summed E-state index contributed by atoms with van der Waals surface area (Å²) in [6.07, 6.45) is 3.93. The number of halogens is 2. The van der Waals surface area contributed by atoms with Crippen LogP contribution in [0.3, 0.4) is 0 Å². The van der Waals surface area contributed by atoms with Gasteiger partial charge < -0.3 is 11.1 Å². The quantitative estimate of drug-likeness (QED) is 0.897. The summed E-state index contributed by atoms with van der Waals surface area (Å²) in [7, 11) is 0. The van der Waals surface area contributed by atoms with Crippen molar-refractivity contribution in [1.82, 2.24) is 0 Å². The minimum absolute atomic E-state index is 0. The van der Waals surface area contributed by atoms with Gasteiger partial charge in [0.1, 0.15) is 0 Å². The molecule has 0 bridgehead atoms. The number of amides is 1. The Morgan fingerprint density at radius 3 is 2.63 bits per heavy atom. The van der Waals surface area contributed by atoms with Crippen LogP contribution in [0.2, 0.25) is 5.02 Å². The molecule has 0 aliphatic heterocycles. The van der Waals surface area contributed by atoms with Gasteiger partial charge in [-0.15, -0.1) is 12.4 Å².